The minimum absolute atomic E-state index is 0.0522. The molecule has 2 aromatic carbocycles. The molecule has 46 heavy (non-hydrogen) atoms. The highest BCUT2D eigenvalue weighted by atomic mass is 16.5. The van der Waals surface area contributed by atoms with Crippen molar-refractivity contribution in [3.63, 3.8) is 0 Å². The second-order valence-electron chi connectivity index (χ2n) is 10.7. The number of aryl methyl sites for hydroxylation is 1. The van der Waals surface area contributed by atoms with E-state index in [0.29, 0.717) is 51.9 Å². The summed E-state index contributed by atoms with van der Waals surface area (Å²) in [6.07, 6.45) is 6.65. The highest BCUT2D eigenvalue weighted by molar-refractivity contribution is 6.07. The van der Waals surface area contributed by atoms with Crippen LogP contribution in [0.1, 0.15) is 33.9 Å². The van der Waals surface area contributed by atoms with Gasteiger partial charge in [-0.3, -0.25) is 14.2 Å². The lowest BCUT2D eigenvalue weighted by molar-refractivity contribution is -0.115. The average molecular weight is 612 g/mol. The zero-order valence-electron chi connectivity index (χ0n) is 24.8. The van der Waals surface area contributed by atoms with Gasteiger partial charge in [0.2, 0.25) is 0 Å². The Bertz CT molecular complexity index is 2140. The van der Waals surface area contributed by atoms with E-state index in [1.807, 2.05) is 53.2 Å². The molecule has 4 N–H and O–H groups in total. The van der Waals surface area contributed by atoms with E-state index in [2.05, 4.69) is 33.4 Å². The number of benzene rings is 2. The molecule has 1 aliphatic rings. The number of hydrogen-bond donors (Lipinski definition) is 3. The Morgan fingerprint density at radius 3 is 2.70 bits per heavy atom. The molecule has 12 heteroatoms. The van der Waals surface area contributed by atoms with Crippen molar-refractivity contribution in [2.75, 3.05) is 18.2 Å². The topological polar surface area (TPSA) is 155 Å². The van der Waals surface area contributed by atoms with Crippen LogP contribution in [0.2, 0.25) is 0 Å². The molecule has 0 bridgehead atoms. The molecule has 228 valence electrons. The van der Waals surface area contributed by atoms with Gasteiger partial charge in [0.25, 0.3) is 11.8 Å². The minimum Gasteiger partial charge on any atom is -0.492 e. The van der Waals surface area contributed by atoms with Crippen molar-refractivity contribution in [2.45, 2.75) is 18.9 Å². The summed E-state index contributed by atoms with van der Waals surface area (Å²) in [5, 5.41) is 10.2. The highest BCUT2D eigenvalue weighted by Gasteiger charge is 2.27. The van der Waals surface area contributed by atoms with Gasteiger partial charge in [-0.25, -0.2) is 19.6 Å². The lowest BCUT2D eigenvalue weighted by Crippen LogP contribution is -2.28. The van der Waals surface area contributed by atoms with Crippen LogP contribution in [0.3, 0.4) is 0 Å². The number of anilines is 2. The zero-order valence-corrected chi connectivity index (χ0v) is 24.8. The maximum absolute atomic E-state index is 13.5. The molecule has 4 aromatic heterocycles. The van der Waals surface area contributed by atoms with Crippen molar-refractivity contribution in [3.8, 4) is 22.9 Å². The number of fused-ring (bicyclic) bond motifs is 2. The van der Waals surface area contributed by atoms with Gasteiger partial charge in [0.15, 0.2) is 23.0 Å². The second kappa shape index (κ2) is 11.7. The number of nitrogen functional groups attached to an aromatic ring is 1. The van der Waals surface area contributed by atoms with Crippen molar-refractivity contribution < 1.29 is 14.3 Å². The fourth-order valence-electron chi connectivity index (χ4n) is 5.71. The van der Waals surface area contributed by atoms with Crippen LogP contribution in [0, 0.1) is 0 Å². The van der Waals surface area contributed by atoms with E-state index < -0.39 is 5.91 Å². The van der Waals surface area contributed by atoms with Gasteiger partial charge in [-0.2, -0.15) is 5.10 Å². The minimum atomic E-state index is -0.521. The normalized spacial score (nSPS) is 13.7. The number of nitrogens with two attached hydrogens (primary N) is 1. The van der Waals surface area contributed by atoms with Crippen LogP contribution < -0.4 is 16.4 Å². The number of pyridine rings is 2. The number of amides is 2. The Morgan fingerprint density at radius 2 is 1.89 bits per heavy atom. The van der Waals surface area contributed by atoms with E-state index in [9.17, 15) is 9.59 Å². The van der Waals surface area contributed by atoms with Gasteiger partial charge in [0.1, 0.15) is 11.3 Å². The van der Waals surface area contributed by atoms with Crippen LogP contribution in [0.4, 0.5) is 11.5 Å². The summed E-state index contributed by atoms with van der Waals surface area (Å²) in [4.78, 5) is 40.0. The van der Waals surface area contributed by atoms with Gasteiger partial charge in [0.05, 0.1) is 30.0 Å². The SMILES string of the molecule is C=C(OC)C(=O)Nc1ccccc1C(=O)NC1CCc2cc(-n3c(-c4cccnc4N)nc4ccc(-n5cccn5)nc43)ccc21. The Morgan fingerprint density at radius 1 is 1.02 bits per heavy atom. The van der Waals surface area contributed by atoms with E-state index in [1.165, 1.54) is 7.11 Å². The lowest BCUT2D eigenvalue weighted by Gasteiger charge is -2.17. The third kappa shape index (κ3) is 5.11. The summed E-state index contributed by atoms with van der Waals surface area (Å²) in [6, 6.07) is 22.1. The molecule has 7 rings (SSSR count). The molecule has 0 fully saturated rings. The van der Waals surface area contributed by atoms with Crippen LogP contribution in [-0.2, 0) is 16.0 Å². The summed E-state index contributed by atoms with van der Waals surface area (Å²) >= 11 is 0. The average Bonchev–Trinajstić information content (AvgIpc) is 3.83. The van der Waals surface area contributed by atoms with Gasteiger partial charge in [-0.1, -0.05) is 24.8 Å². The van der Waals surface area contributed by atoms with E-state index in [4.69, 9.17) is 20.4 Å². The summed E-state index contributed by atoms with van der Waals surface area (Å²) in [5.41, 5.74) is 12.0. The number of aromatic nitrogens is 6. The number of nitrogens with one attached hydrogen (secondary N) is 2. The van der Waals surface area contributed by atoms with Crippen molar-refractivity contribution in [2.24, 2.45) is 0 Å². The van der Waals surface area contributed by atoms with Crippen LogP contribution in [0.15, 0.2) is 104 Å². The van der Waals surface area contributed by atoms with Crippen LogP contribution >= 0.6 is 0 Å². The fraction of sp³-hybridized carbons (Fsp3) is 0.118. The number of nitrogens with zero attached hydrogens (tertiary/aromatic N) is 6. The predicted molar refractivity (Wildman–Crippen MR) is 173 cm³/mol. The number of para-hydroxylation sites is 1. The first-order valence-corrected chi connectivity index (χ1v) is 14.6. The first-order valence-electron chi connectivity index (χ1n) is 14.6. The number of methoxy groups -OCH3 is 1. The highest BCUT2D eigenvalue weighted by Crippen LogP contribution is 2.36. The number of carbonyl (C=O) groups excluding carboxylic acids is 2. The summed E-state index contributed by atoms with van der Waals surface area (Å²) in [7, 11) is 1.36. The zero-order chi connectivity index (χ0) is 31.8. The van der Waals surface area contributed by atoms with E-state index in [-0.39, 0.29) is 17.7 Å². The fourth-order valence-corrected chi connectivity index (χ4v) is 5.71. The van der Waals surface area contributed by atoms with Gasteiger partial charge in [0, 0.05) is 24.3 Å². The molecule has 1 atom stereocenters. The molecule has 0 saturated carbocycles. The quantitative estimate of drug-likeness (QED) is 0.164. The molecule has 4 heterocycles. The molecule has 0 saturated heterocycles. The monoisotopic (exact) mass is 611 g/mol. The summed E-state index contributed by atoms with van der Waals surface area (Å²) in [6.45, 7) is 3.58. The van der Waals surface area contributed by atoms with Crippen molar-refractivity contribution in [3.05, 3.63) is 120 Å². The van der Waals surface area contributed by atoms with Gasteiger partial charge in [-0.05, 0) is 78.6 Å². The van der Waals surface area contributed by atoms with Crippen molar-refractivity contribution >= 4 is 34.5 Å². The van der Waals surface area contributed by atoms with Crippen LogP contribution in [0.5, 0.6) is 0 Å². The molecule has 1 aliphatic carbocycles. The molecular weight excluding hydrogens is 582 g/mol. The Balaban J connectivity index is 1.23. The third-order valence-electron chi connectivity index (χ3n) is 8.00. The molecular formula is C34H29N9O3. The van der Waals surface area contributed by atoms with Gasteiger partial charge >= 0.3 is 0 Å². The van der Waals surface area contributed by atoms with E-state index in [0.717, 1.165) is 23.2 Å². The molecule has 12 nitrogen and oxygen atoms in total. The Labute approximate surface area is 263 Å². The van der Waals surface area contributed by atoms with Crippen molar-refractivity contribution in [1.29, 1.82) is 0 Å². The second-order valence-corrected chi connectivity index (χ2v) is 10.7. The van der Waals surface area contributed by atoms with Gasteiger partial charge in [-0.15, -0.1) is 0 Å². The maximum Gasteiger partial charge on any atom is 0.290 e. The largest absolute Gasteiger partial charge is 0.492 e. The molecule has 2 amide bonds. The maximum atomic E-state index is 13.5. The summed E-state index contributed by atoms with van der Waals surface area (Å²) < 4.78 is 8.60. The number of rotatable bonds is 8. The predicted octanol–water partition coefficient (Wildman–Crippen LogP) is 4.77. The standard InChI is InChI=1S/C34H29N9O3/c1-20(46-2)33(44)39-26-9-4-3-7-24(26)34(45)40-27-13-10-21-19-22(11-12-23(21)27)43-31(25-8-5-16-36-30(25)35)38-28-14-15-29(41-32(28)43)42-18-6-17-37-42/h3-9,11-12,14-19,27H,1,10,13H2,2H3,(H2,35,36)(H,39,44)(H,40,45). The smallest absolute Gasteiger partial charge is 0.290 e. The van der Waals surface area contributed by atoms with E-state index >= 15 is 0 Å². The van der Waals surface area contributed by atoms with Crippen LogP contribution in [0.25, 0.3) is 34.1 Å². The van der Waals surface area contributed by atoms with E-state index in [1.54, 1.807) is 41.3 Å². The molecule has 0 aliphatic heterocycles. The summed E-state index contributed by atoms with van der Waals surface area (Å²) in [5.74, 6) is 0.750. The third-order valence-corrected chi connectivity index (χ3v) is 8.00. The number of carbonyl (C=O) groups is 2. The number of imidazole rings is 1. The molecule has 1 unspecified atom stereocenters. The van der Waals surface area contributed by atoms with Crippen molar-refractivity contribution in [1.82, 2.24) is 34.6 Å². The Hall–Kier alpha value is -6.30. The molecule has 6 aromatic rings. The van der Waals surface area contributed by atoms with Gasteiger partial charge < -0.3 is 21.1 Å². The number of hydrogen-bond acceptors (Lipinski definition) is 8. The first kappa shape index (κ1) is 28.5. The lowest BCUT2D eigenvalue weighted by atomic mass is 10.1. The van der Waals surface area contributed by atoms with Crippen LogP contribution in [-0.4, -0.2) is 48.2 Å². The first-order chi connectivity index (χ1) is 22.4. The molecule has 0 spiro atoms. The molecule has 0 radical (unpaired) electrons. The number of ether oxygens (including phenoxy) is 1. The Kier molecular flexibility index (Phi) is 7.21.